The number of hydrogen-bond donors (Lipinski definition) is 0. The van der Waals surface area contributed by atoms with E-state index in [0.29, 0.717) is 0 Å². The zero-order chi connectivity index (χ0) is 17.3. The van der Waals surface area contributed by atoms with Gasteiger partial charge in [-0.3, -0.25) is 4.98 Å². The Kier molecular flexibility index (Phi) is 3.42. The van der Waals surface area contributed by atoms with Gasteiger partial charge in [0.15, 0.2) is 11.5 Å². The molecule has 0 N–H and O–H groups in total. The maximum atomic E-state index is 6.11. The van der Waals surface area contributed by atoms with Crippen molar-refractivity contribution in [2.24, 2.45) is 0 Å². The fraction of sp³-hybridized carbons (Fsp3) is 0. The van der Waals surface area contributed by atoms with Gasteiger partial charge in [-0.25, -0.2) is 0 Å². The van der Waals surface area contributed by atoms with Crippen LogP contribution in [-0.4, -0.2) is 4.98 Å². The zero-order valence-electron chi connectivity index (χ0n) is 14.0. The molecular formula is C23H16N2O. The Morgan fingerprint density at radius 3 is 1.92 bits per heavy atom. The number of fused-ring (bicyclic) bond motifs is 2. The summed E-state index contributed by atoms with van der Waals surface area (Å²) in [6.45, 7) is 0. The van der Waals surface area contributed by atoms with Crippen molar-refractivity contribution >= 4 is 17.1 Å². The number of ether oxygens (including phenoxy) is 1. The van der Waals surface area contributed by atoms with Crippen molar-refractivity contribution in [1.82, 2.24) is 4.98 Å². The summed E-state index contributed by atoms with van der Waals surface area (Å²) in [5.41, 5.74) is 5.34. The Hall–Kier alpha value is -3.59. The SMILES string of the molecule is c1ccc(-c2ccncc2N2c3ccccc3Oc3ccccc32)cc1. The van der Waals surface area contributed by atoms with E-state index in [-0.39, 0.29) is 0 Å². The number of pyridine rings is 1. The highest BCUT2D eigenvalue weighted by Gasteiger charge is 2.27. The second-order valence-corrected chi connectivity index (χ2v) is 6.13. The molecule has 1 aliphatic rings. The molecule has 124 valence electrons. The van der Waals surface area contributed by atoms with Crippen molar-refractivity contribution in [1.29, 1.82) is 0 Å². The van der Waals surface area contributed by atoms with Crippen LogP contribution in [0.3, 0.4) is 0 Å². The Balaban J connectivity index is 1.78. The van der Waals surface area contributed by atoms with E-state index in [1.54, 1.807) is 0 Å². The van der Waals surface area contributed by atoms with Gasteiger partial charge in [0.05, 0.1) is 23.3 Å². The van der Waals surface area contributed by atoms with Gasteiger partial charge in [0.2, 0.25) is 0 Å². The van der Waals surface area contributed by atoms with Crippen LogP contribution >= 0.6 is 0 Å². The van der Waals surface area contributed by atoms with Gasteiger partial charge in [-0.05, 0) is 35.9 Å². The van der Waals surface area contributed by atoms with Gasteiger partial charge in [0, 0.05) is 11.8 Å². The molecule has 5 rings (SSSR count). The van der Waals surface area contributed by atoms with Crippen molar-refractivity contribution < 1.29 is 4.74 Å². The molecule has 2 heterocycles. The maximum absolute atomic E-state index is 6.11. The Morgan fingerprint density at radius 2 is 1.23 bits per heavy atom. The highest BCUT2D eigenvalue weighted by Crippen LogP contribution is 2.51. The maximum Gasteiger partial charge on any atom is 0.151 e. The van der Waals surface area contributed by atoms with Gasteiger partial charge in [0.25, 0.3) is 0 Å². The number of rotatable bonds is 2. The minimum absolute atomic E-state index is 0.842. The topological polar surface area (TPSA) is 25.4 Å². The third-order valence-electron chi connectivity index (χ3n) is 4.56. The molecule has 0 atom stereocenters. The summed E-state index contributed by atoms with van der Waals surface area (Å²) in [5.74, 6) is 1.68. The molecule has 0 saturated heterocycles. The lowest BCUT2D eigenvalue weighted by molar-refractivity contribution is 0.477. The first kappa shape index (κ1) is 14.7. The Bertz CT molecular complexity index is 1030. The fourth-order valence-electron chi connectivity index (χ4n) is 3.39. The molecule has 1 aliphatic heterocycles. The molecule has 26 heavy (non-hydrogen) atoms. The summed E-state index contributed by atoms with van der Waals surface area (Å²) in [6, 6.07) is 28.6. The largest absolute Gasteiger partial charge is 0.453 e. The van der Waals surface area contributed by atoms with E-state index >= 15 is 0 Å². The lowest BCUT2D eigenvalue weighted by Gasteiger charge is -2.33. The number of aromatic nitrogens is 1. The van der Waals surface area contributed by atoms with Gasteiger partial charge in [0.1, 0.15) is 0 Å². The van der Waals surface area contributed by atoms with Gasteiger partial charge in [-0.15, -0.1) is 0 Å². The highest BCUT2D eigenvalue weighted by molar-refractivity contribution is 5.92. The number of para-hydroxylation sites is 4. The molecule has 0 fully saturated rings. The van der Waals surface area contributed by atoms with Crippen molar-refractivity contribution in [3.05, 3.63) is 97.3 Å². The predicted octanol–water partition coefficient (Wildman–Crippen LogP) is 6.32. The van der Waals surface area contributed by atoms with Crippen LogP contribution in [0.25, 0.3) is 11.1 Å². The Labute approximate surface area is 152 Å². The van der Waals surface area contributed by atoms with E-state index in [1.165, 1.54) is 0 Å². The summed E-state index contributed by atoms with van der Waals surface area (Å²) < 4.78 is 6.11. The average Bonchev–Trinajstić information content (AvgIpc) is 2.72. The highest BCUT2D eigenvalue weighted by atomic mass is 16.5. The van der Waals surface area contributed by atoms with E-state index in [1.807, 2.05) is 54.9 Å². The van der Waals surface area contributed by atoms with Crippen LogP contribution < -0.4 is 9.64 Å². The summed E-state index contributed by atoms with van der Waals surface area (Å²) in [7, 11) is 0. The normalized spacial score (nSPS) is 12.1. The number of benzene rings is 3. The molecule has 3 nitrogen and oxygen atoms in total. The molecule has 1 aromatic heterocycles. The molecule has 0 amide bonds. The third-order valence-corrected chi connectivity index (χ3v) is 4.56. The fourth-order valence-corrected chi connectivity index (χ4v) is 3.39. The smallest absolute Gasteiger partial charge is 0.151 e. The van der Waals surface area contributed by atoms with Crippen molar-refractivity contribution in [3.8, 4) is 22.6 Å². The van der Waals surface area contributed by atoms with E-state index < -0.39 is 0 Å². The molecule has 4 aromatic rings. The van der Waals surface area contributed by atoms with E-state index in [0.717, 1.165) is 39.7 Å². The molecule has 0 aliphatic carbocycles. The average molecular weight is 336 g/mol. The van der Waals surface area contributed by atoms with Crippen molar-refractivity contribution in [3.63, 3.8) is 0 Å². The lowest BCUT2D eigenvalue weighted by atomic mass is 10.0. The lowest BCUT2D eigenvalue weighted by Crippen LogP contribution is -2.16. The standard InChI is InChI=1S/C23H16N2O/c1-2-8-17(9-3-1)18-14-15-24-16-21(18)25-19-10-4-6-12-22(19)26-23-13-7-5-11-20(23)25/h1-16H. The molecular weight excluding hydrogens is 320 g/mol. The summed E-state index contributed by atoms with van der Waals surface area (Å²) in [4.78, 5) is 6.64. The Morgan fingerprint density at radius 1 is 0.615 bits per heavy atom. The predicted molar refractivity (Wildman–Crippen MR) is 104 cm³/mol. The van der Waals surface area contributed by atoms with Crippen LogP contribution in [0.15, 0.2) is 97.3 Å². The third kappa shape index (κ3) is 2.33. The zero-order valence-corrected chi connectivity index (χ0v) is 14.0. The first-order valence-corrected chi connectivity index (χ1v) is 8.57. The van der Waals surface area contributed by atoms with Gasteiger partial charge in [-0.1, -0.05) is 54.6 Å². The first-order valence-electron chi connectivity index (χ1n) is 8.57. The van der Waals surface area contributed by atoms with Crippen LogP contribution in [-0.2, 0) is 0 Å². The van der Waals surface area contributed by atoms with Crippen LogP contribution in [0, 0.1) is 0 Å². The molecule has 3 aromatic carbocycles. The molecule has 0 unspecified atom stereocenters. The van der Waals surface area contributed by atoms with Gasteiger partial charge in [-0.2, -0.15) is 0 Å². The molecule has 0 saturated carbocycles. The van der Waals surface area contributed by atoms with Gasteiger partial charge < -0.3 is 9.64 Å². The molecule has 3 heteroatoms. The second kappa shape index (κ2) is 6.05. The first-order chi connectivity index (χ1) is 12.9. The van der Waals surface area contributed by atoms with E-state index in [4.69, 9.17) is 4.74 Å². The summed E-state index contributed by atoms with van der Waals surface area (Å²) >= 11 is 0. The van der Waals surface area contributed by atoms with Crippen molar-refractivity contribution in [2.75, 3.05) is 4.90 Å². The van der Waals surface area contributed by atoms with Gasteiger partial charge >= 0.3 is 0 Å². The second-order valence-electron chi connectivity index (χ2n) is 6.13. The van der Waals surface area contributed by atoms with Crippen LogP contribution in [0.5, 0.6) is 11.5 Å². The molecule has 0 bridgehead atoms. The van der Waals surface area contributed by atoms with Crippen LogP contribution in [0.1, 0.15) is 0 Å². The summed E-state index contributed by atoms with van der Waals surface area (Å²) in [6.07, 6.45) is 3.76. The van der Waals surface area contributed by atoms with E-state index in [2.05, 4.69) is 52.3 Å². The monoisotopic (exact) mass is 336 g/mol. The quantitative estimate of drug-likeness (QED) is 0.377. The van der Waals surface area contributed by atoms with Crippen LogP contribution in [0.2, 0.25) is 0 Å². The molecule has 0 spiro atoms. The minimum Gasteiger partial charge on any atom is -0.453 e. The summed E-state index contributed by atoms with van der Waals surface area (Å²) in [5, 5.41) is 0. The van der Waals surface area contributed by atoms with Crippen LogP contribution in [0.4, 0.5) is 17.1 Å². The van der Waals surface area contributed by atoms with Crippen molar-refractivity contribution in [2.45, 2.75) is 0 Å². The number of hydrogen-bond acceptors (Lipinski definition) is 3. The number of nitrogens with zero attached hydrogens (tertiary/aromatic N) is 2. The minimum atomic E-state index is 0.842. The number of anilines is 3. The van der Waals surface area contributed by atoms with E-state index in [9.17, 15) is 0 Å². The molecule has 0 radical (unpaired) electrons.